The van der Waals surface area contributed by atoms with Gasteiger partial charge in [-0.05, 0) is 122 Å². The fourth-order valence-electron chi connectivity index (χ4n) is 14.8. The smallest absolute Gasteiger partial charge is 0.410 e. The Kier molecular flexibility index (Phi) is 9.95. The summed E-state index contributed by atoms with van der Waals surface area (Å²) < 4.78 is 6.63. The maximum Gasteiger partial charge on any atom is 0.410 e. The molecule has 2 bridgehead atoms. The molecule has 0 aromatic heterocycles. The van der Waals surface area contributed by atoms with Gasteiger partial charge in [0.1, 0.15) is 6.10 Å². The normalized spacial score (nSPS) is 41.3. The molecule has 308 valence electrons. The number of hydrogen-bond donors (Lipinski definition) is 2. The average Bonchev–Trinajstić information content (AvgIpc) is 3.47. The predicted octanol–water partition coefficient (Wildman–Crippen LogP) is 11.0. The fourth-order valence-corrected chi connectivity index (χ4v) is 14.8. The molecular weight excluding hydrogens is 707 g/mol. The Balaban J connectivity index is 1.09. The van der Waals surface area contributed by atoms with Crippen LogP contribution in [0, 0.1) is 57.2 Å². The number of ketones is 1. The van der Waals surface area contributed by atoms with Crippen molar-refractivity contribution in [2.75, 3.05) is 6.54 Å². The summed E-state index contributed by atoms with van der Waals surface area (Å²) in [5, 5.41) is 26.8. The highest BCUT2D eigenvalue weighted by molar-refractivity contribution is 6.00. The third-order valence-corrected chi connectivity index (χ3v) is 18.1. The van der Waals surface area contributed by atoms with Crippen LogP contribution in [0.3, 0.4) is 0 Å². The summed E-state index contributed by atoms with van der Waals surface area (Å²) in [6.07, 6.45) is 20.4. The first-order valence-electron chi connectivity index (χ1n) is 23.0. The van der Waals surface area contributed by atoms with Gasteiger partial charge < -0.3 is 19.8 Å². The molecule has 0 aliphatic heterocycles. The quantitative estimate of drug-likeness (QED) is 0.261. The Morgan fingerprint density at radius 2 is 1.58 bits per heavy atom. The van der Waals surface area contributed by atoms with Gasteiger partial charge in [0.15, 0.2) is 5.78 Å². The summed E-state index contributed by atoms with van der Waals surface area (Å²) in [6, 6.07) is 14.7. The number of allylic oxidation sites excluding steroid dienone is 4. The summed E-state index contributed by atoms with van der Waals surface area (Å²) in [5.41, 5.74) is -0.473. The Hall–Kier alpha value is -2.96. The minimum atomic E-state index is -1.17. The largest absolute Gasteiger partial charge is 0.446 e. The van der Waals surface area contributed by atoms with Crippen molar-refractivity contribution < 1.29 is 24.5 Å². The van der Waals surface area contributed by atoms with Crippen molar-refractivity contribution in [3.05, 3.63) is 71.8 Å². The molecule has 2 aromatic rings. The molecule has 0 saturated heterocycles. The number of Topliss-reactive ketones (excluding diaryl/α,β-unsaturated/α-hetero) is 1. The third-order valence-electron chi connectivity index (χ3n) is 18.1. The lowest BCUT2D eigenvalue weighted by Crippen LogP contribution is -2.67. The topological polar surface area (TPSA) is 87.1 Å². The number of aliphatic hydroxyl groups excluding tert-OH is 1. The van der Waals surface area contributed by atoms with Crippen LogP contribution in [0.2, 0.25) is 0 Å². The Bertz CT molecular complexity index is 1940. The van der Waals surface area contributed by atoms with E-state index >= 15 is 4.79 Å². The third kappa shape index (κ3) is 6.06. The van der Waals surface area contributed by atoms with Gasteiger partial charge in [-0.15, -0.1) is 0 Å². The van der Waals surface area contributed by atoms with E-state index in [1.54, 1.807) is 0 Å². The zero-order valence-electron chi connectivity index (χ0n) is 35.5. The van der Waals surface area contributed by atoms with Crippen LogP contribution >= 0.6 is 0 Å². The summed E-state index contributed by atoms with van der Waals surface area (Å²) in [4.78, 5) is 31.7. The van der Waals surface area contributed by atoms with Crippen LogP contribution in [0.25, 0.3) is 10.8 Å². The lowest BCUT2D eigenvalue weighted by Gasteiger charge is -2.71. The SMILES string of the molecule is CC(C)[C@H]1CC[C@H](C)C[C@@H]1OC(=O)N(Cc1cccc2ccccc12)C[C@]1(O)CC[C@H]2[C@]34C=C[C@@]5(C=C3C(=O)C3CCCCC3)CC(O)CC[C@]5(C)[C@H]4CC[C@@]21C. The predicted molar refractivity (Wildman–Crippen MR) is 226 cm³/mol. The van der Waals surface area contributed by atoms with E-state index in [1.165, 1.54) is 6.42 Å². The maximum absolute atomic E-state index is 15.1. The average molecular weight is 776 g/mol. The highest BCUT2D eigenvalue weighted by atomic mass is 16.6. The van der Waals surface area contributed by atoms with Crippen LogP contribution in [0.4, 0.5) is 4.79 Å². The first-order valence-corrected chi connectivity index (χ1v) is 23.0. The van der Waals surface area contributed by atoms with E-state index in [-0.39, 0.29) is 53.4 Å². The van der Waals surface area contributed by atoms with Crippen molar-refractivity contribution >= 4 is 22.6 Å². The standard InChI is InChI=1S/C51H69NO5/c1-33(2)39-19-18-34(3)28-42(39)57-46(55)52(31-37-16-11-15-35-12-9-10-17-40(35)37)32-50(56)25-22-44-48(50,5)24-21-43-47(4)23-20-38(53)29-49(47)26-27-51(43,44)41(30-49)45(54)36-13-7-6-8-14-36/h9-12,15-17,26-27,30,33-34,36,38-39,42-44,53,56H,6-8,13-14,18-25,28-29,31-32H2,1-5H3/t34-,38?,39+,42-,43+,44+,47+,48-,49-,50+,51+/m0/s1. The van der Waals surface area contributed by atoms with Crippen LogP contribution in [0.1, 0.15) is 136 Å². The molecule has 8 aliphatic carbocycles. The molecule has 1 unspecified atom stereocenters. The lowest BCUT2D eigenvalue weighted by atomic mass is 9.32. The summed E-state index contributed by atoms with van der Waals surface area (Å²) in [6.45, 7) is 12.1. The second-order valence-corrected chi connectivity index (χ2v) is 21.3. The second-order valence-electron chi connectivity index (χ2n) is 21.3. The number of benzene rings is 2. The maximum atomic E-state index is 15.1. The molecular formula is C51H69NO5. The van der Waals surface area contributed by atoms with Crippen molar-refractivity contribution in [2.45, 2.75) is 155 Å². The van der Waals surface area contributed by atoms with E-state index in [2.05, 4.69) is 95.3 Å². The number of hydrogen-bond acceptors (Lipinski definition) is 5. The molecule has 57 heavy (non-hydrogen) atoms. The molecule has 6 nitrogen and oxygen atoms in total. The minimum Gasteiger partial charge on any atom is -0.446 e. The van der Waals surface area contributed by atoms with Gasteiger partial charge in [0.25, 0.3) is 0 Å². The van der Waals surface area contributed by atoms with E-state index < -0.39 is 16.4 Å². The highest BCUT2D eigenvalue weighted by Gasteiger charge is 2.74. The Morgan fingerprint density at radius 1 is 0.860 bits per heavy atom. The van der Waals surface area contributed by atoms with Gasteiger partial charge in [0.2, 0.25) is 0 Å². The van der Waals surface area contributed by atoms with Gasteiger partial charge in [-0.3, -0.25) is 4.79 Å². The minimum absolute atomic E-state index is 0.0561. The van der Waals surface area contributed by atoms with E-state index in [4.69, 9.17) is 4.74 Å². The number of aliphatic hydroxyl groups is 2. The van der Waals surface area contributed by atoms with E-state index in [0.717, 1.165) is 99.0 Å². The zero-order chi connectivity index (χ0) is 40.0. The number of ether oxygens (including phenoxy) is 1. The van der Waals surface area contributed by atoms with Gasteiger partial charge in [-0.25, -0.2) is 4.79 Å². The number of amides is 1. The number of carbonyl (C=O) groups excluding carboxylic acids is 2. The molecule has 5 fully saturated rings. The molecule has 0 heterocycles. The molecule has 6 heteroatoms. The van der Waals surface area contributed by atoms with Crippen molar-refractivity contribution in [1.82, 2.24) is 4.90 Å². The first-order chi connectivity index (χ1) is 27.2. The van der Waals surface area contributed by atoms with Crippen LogP contribution < -0.4 is 0 Å². The molecule has 2 N–H and O–H groups in total. The van der Waals surface area contributed by atoms with E-state index in [9.17, 15) is 15.0 Å². The summed E-state index contributed by atoms with van der Waals surface area (Å²) in [7, 11) is 0. The number of nitrogens with zero attached hydrogens (tertiary/aromatic N) is 1. The summed E-state index contributed by atoms with van der Waals surface area (Å²) >= 11 is 0. The van der Waals surface area contributed by atoms with Gasteiger partial charge >= 0.3 is 6.09 Å². The molecule has 1 amide bonds. The van der Waals surface area contributed by atoms with Gasteiger partial charge in [0.05, 0.1) is 18.2 Å². The molecule has 2 spiro atoms. The summed E-state index contributed by atoms with van der Waals surface area (Å²) in [5.74, 6) is 1.97. The highest BCUT2D eigenvalue weighted by Crippen LogP contribution is 2.78. The fraction of sp³-hybridized carbons (Fsp3) is 0.686. The number of rotatable bonds is 8. The van der Waals surface area contributed by atoms with Gasteiger partial charge in [-0.1, -0.05) is 121 Å². The van der Waals surface area contributed by atoms with Crippen molar-refractivity contribution in [1.29, 1.82) is 0 Å². The molecule has 0 radical (unpaired) electrons. The lowest BCUT2D eigenvalue weighted by molar-refractivity contribution is -0.179. The Labute approximate surface area is 341 Å². The van der Waals surface area contributed by atoms with Crippen LogP contribution in [-0.2, 0) is 16.1 Å². The van der Waals surface area contributed by atoms with Gasteiger partial charge in [-0.2, -0.15) is 0 Å². The van der Waals surface area contributed by atoms with Crippen molar-refractivity contribution in [3.63, 3.8) is 0 Å². The second kappa shape index (κ2) is 14.4. The van der Waals surface area contributed by atoms with Crippen LogP contribution in [0.5, 0.6) is 0 Å². The molecule has 11 atom stereocenters. The van der Waals surface area contributed by atoms with E-state index in [0.29, 0.717) is 42.9 Å². The molecule has 2 aromatic carbocycles. The van der Waals surface area contributed by atoms with Gasteiger partial charge in [0, 0.05) is 34.3 Å². The van der Waals surface area contributed by atoms with Crippen LogP contribution in [-0.4, -0.2) is 51.3 Å². The van der Waals surface area contributed by atoms with Crippen molar-refractivity contribution in [2.24, 2.45) is 57.2 Å². The number of fused-ring (bicyclic) bond motifs is 2. The van der Waals surface area contributed by atoms with Crippen molar-refractivity contribution in [3.8, 4) is 0 Å². The zero-order valence-corrected chi connectivity index (χ0v) is 35.5. The number of carbonyl (C=O) groups is 2. The van der Waals surface area contributed by atoms with E-state index in [1.807, 2.05) is 4.90 Å². The Morgan fingerprint density at radius 3 is 2.37 bits per heavy atom. The molecule has 8 aliphatic rings. The molecule has 5 saturated carbocycles. The van der Waals surface area contributed by atoms with Crippen LogP contribution in [0.15, 0.2) is 66.3 Å². The monoisotopic (exact) mass is 776 g/mol. The molecule has 10 rings (SSSR count). The first kappa shape index (κ1) is 39.5.